The molecule has 6 aromatic rings. The molecule has 0 amide bonds. The van der Waals surface area contributed by atoms with Crippen molar-refractivity contribution < 1.29 is 15.3 Å². The molecule has 0 bridgehead atoms. The van der Waals surface area contributed by atoms with Crippen LogP contribution < -0.4 is 0 Å². The minimum atomic E-state index is 0.208. The van der Waals surface area contributed by atoms with E-state index in [1.54, 1.807) is 24.3 Å². The molecule has 6 aromatic carbocycles. The lowest BCUT2D eigenvalue weighted by atomic mass is 9.88. The maximum atomic E-state index is 11.0. The van der Waals surface area contributed by atoms with Gasteiger partial charge >= 0.3 is 0 Å². The average molecular weight is 428 g/mol. The molecule has 0 radical (unpaired) electrons. The topological polar surface area (TPSA) is 60.7 Å². The zero-order chi connectivity index (χ0) is 22.5. The predicted octanol–water partition coefficient (Wildman–Crippen LogP) is 7.60. The van der Waals surface area contributed by atoms with Crippen LogP contribution >= 0.6 is 0 Å². The zero-order valence-electron chi connectivity index (χ0n) is 17.7. The van der Waals surface area contributed by atoms with Crippen molar-refractivity contribution in [2.75, 3.05) is 0 Å². The first kappa shape index (κ1) is 19.2. The van der Waals surface area contributed by atoms with Crippen LogP contribution in [0.1, 0.15) is 0 Å². The van der Waals surface area contributed by atoms with E-state index in [4.69, 9.17) is 0 Å². The molecule has 0 aliphatic heterocycles. The highest BCUT2D eigenvalue weighted by molar-refractivity contribution is 6.14. The number of phenols is 3. The highest BCUT2D eigenvalue weighted by Gasteiger charge is 2.16. The summed E-state index contributed by atoms with van der Waals surface area (Å²) in [6.07, 6.45) is 0. The molecule has 0 unspecified atom stereocenters. The lowest BCUT2D eigenvalue weighted by Gasteiger charge is -2.16. The average Bonchev–Trinajstić information content (AvgIpc) is 2.83. The molecule has 0 aromatic heterocycles. The predicted molar refractivity (Wildman–Crippen MR) is 135 cm³/mol. The van der Waals surface area contributed by atoms with Crippen molar-refractivity contribution in [2.45, 2.75) is 0 Å². The molecule has 3 heteroatoms. The summed E-state index contributed by atoms with van der Waals surface area (Å²) >= 11 is 0. The van der Waals surface area contributed by atoms with Gasteiger partial charge in [-0.3, -0.25) is 0 Å². The van der Waals surface area contributed by atoms with Gasteiger partial charge in [0.15, 0.2) is 0 Å². The maximum absolute atomic E-state index is 11.0. The Morgan fingerprint density at radius 3 is 1.85 bits per heavy atom. The molecule has 3 N–H and O–H groups in total. The Morgan fingerprint density at radius 2 is 1.00 bits per heavy atom. The Balaban J connectivity index is 1.69. The van der Waals surface area contributed by atoms with E-state index in [0.29, 0.717) is 0 Å². The van der Waals surface area contributed by atoms with E-state index in [9.17, 15) is 15.3 Å². The summed E-state index contributed by atoms with van der Waals surface area (Å²) in [4.78, 5) is 0. The van der Waals surface area contributed by atoms with Crippen molar-refractivity contribution in [3.05, 3.63) is 103 Å². The molecule has 0 atom stereocenters. The largest absolute Gasteiger partial charge is 0.508 e. The van der Waals surface area contributed by atoms with E-state index in [2.05, 4.69) is 12.1 Å². The van der Waals surface area contributed by atoms with Crippen LogP contribution in [0.15, 0.2) is 103 Å². The van der Waals surface area contributed by atoms with Crippen LogP contribution in [0.3, 0.4) is 0 Å². The first-order valence-corrected chi connectivity index (χ1v) is 10.8. The lowest BCUT2D eigenvalue weighted by Crippen LogP contribution is -1.89. The Morgan fingerprint density at radius 1 is 0.394 bits per heavy atom. The highest BCUT2D eigenvalue weighted by Crippen LogP contribution is 2.44. The summed E-state index contributed by atoms with van der Waals surface area (Å²) in [6, 6.07) is 32.5. The summed E-state index contributed by atoms with van der Waals surface area (Å²) < 4.78 is 0. The molecule has 0 heterocycles. The quantitative estimate of drug-likeness (QED) is 0.266. The fourth-order valence-corrected chi connectivity index (χ4v) is 4.88. The van der Waals surface area contributed by atoms with Crippen molar-refractivity contribution >= 4 is 32.3 Å². The van der Waals surface area contributed by atoms with Crippen molar-refractivity contribution in [2.24, 2.45) is 0 Å². The van der Waals surface area contributed by atoms with Gasteiger partial charge < -0.3 is 15.3 Å². The molecule has 0 aliphatic rings. The van der Waals surface area contributed by atoms with E-state index in [1.165, 1.54) is 0 Å². The summed E-state index contributed by atoms with van der Waals surface area (Å²) in [5, 5.41) is 36.6. The molecular weight excluding hydrogens is 408 g/mol. The van der Waals surface area contributed by atoms with Gasteiger partial charge in [0.2, 0.25) is 0 Å². The monoisotopic (exact) mass is 428 g/mol. The third-order valence-corrected chi connectivity index (χ3v) is 6.36. The second-order valence-corrected chi connectivity index (χ2v) is 8.25. The first-order chi connectivity index (χ1) is 16.1. The van der Waals surface area contributed by atoms with E-state index in [1.807, 2.05) is 66.7 Å². The number of benzene rings is 6. The van der Waals surface area contributed by atoms with Crippen LogP contribution in [-0.2, 0) is 0 Å². The van der Waals surface area contributed by atoms with Crippen LogP contribution in [-0.4, -0.2) is 15.3 Å². The van der Waals surface area contributed by atoms with E-state index < -0.39 is 0 Å². The molecule has 3 nitrogen and oxygen atoms in total. The van der Waals surface area contributed by atoms with Gasteiger partial charge in [-0.2, -0.15) is 0 Å². The zero-order valence-corrected chi connectivity index (χ0v) is 17.7. The Hall–Kier alpha value is -4.50. The van der Waals surface area contributed by atoms with Gasteiger partial charge in [-0.05, 0) is 68.1 Å². The minimum Gasteiger partial charge on any atom is -0.508 e. The molecule has 33 heavy (non-hydrogen) atoms. The highest BCUT2D eigenvalue weighted by atomic mass is 16.3. The standard InChI is InChI=1S/C30H20O3/c31-19-13-14-20-18(17-19)5-1-6-21(20)24-15-16-27(30-26(24)10-4-12-29(30)33)23-7-2-9-25-22(23)8-3-11-28(25)32/h1-17,31-33H. The second kappa shape index (κ2) is 7.28. The normalized spacial score (nSPS) is 11.4. The molecule has 0 saturated carbocycles. The Bertz CT molecular complexity index is 1700. The first-order valence-electron chi connectivity index (χ1n) is 10.8. The third-order valence-electron chi connectivity index (χ3n) is 6.36. The van der Waals surface area contributed by atoms with Crippen molar-refractivity contribution in [3.63, 3.8) is 0 Å². The molecule has 0 aliphatic carbocycles. The molecule has 0 saturated heterocycles. The van der Waals surface area contributed by atoms with Crippen molar-refractivity contribution in [3.8, 4) is 39.5 Å². The number of phenolic OH excluding ortho intramolecular Hbond substituents is 3. The summed E-state index contributed by atoms with van der Waals surface area (Å²) in [5.41, 5.74) is 3.89. The number of hydrogen-bond donors (Lipinski definition) is 3. The van der Waals surface area contributed by atoms with E-state index >= 15 is 0 Å². The van der Waals surface area contributed by atoms with Crippen LogP contribution in [0.5, 0.6) is 17.2 Å². The maximum Gasteiger partial charge on any atom is 0.124 e. The third kappa shape index (κ3) is 2.98. The van der Waals surface area contributed by atoms with Gasteiger partial charge in [-0.1, -0.05) is 78.9 Å². The lowest BCUT2D eigenvalue weighted by molar-refractivity contribution is 0.476. The van der Waals surface area contributed by atoms with Gasteiger partial charge in [-0.15, -0.1) is 0 Å². The SMILES string of the molecule is Oc1ccc2c(-c3ccc(-c4cccc5c(O)cccc45)c4c(O)cccc34)cccc2c1. The van der Waals surface area contributed by atoms with Crippen LogP contribution in [0.25, 0.3) is 54.6 Å². The Labute approximate surface area is 190 Å². The fourth-order valence-electron chi connectivity index (χ4n) is 4.88. The van der Waals surface area contributed by atoms with Gasteiger partial charge in [0, 0.05) is 10.8 Å². The summed E-state index contributed by atoms with van der Waals surface area (Å²) in [7, 11) is 0. The molecule has 6 rings (SSSR count). The van der Waals surface area contributed by atoms with Gasteiger partial charge in [-0.25, -0.2) is 0 Å². The molecule has 0 fully saturated rings. The van der Waals surface area contributed by atoms with Crippen LogP contribution in [0, 0.1) is 0 Å². The van der Waals surface area contributed by atoms with Crippen molar-refractivity contribution in [1.82, 2.24) is 0 Å². The number of rotatable bonds is 2. The molecular formula is C30H20O3. The van der Waals surface area contributed by atoms with E-state index in [-0.39, 0.29) is 17.2 Å². The van der Waals surface area contributed by atoms with Gasteiger partial charge in [0.1, 0.15) is 17.2 Å². The smallest absolute Gasteiger partial charge is 0.124 e. The molecule has 0 spiro atoms. The number of aromatic hydroxyl groups is 3. The number of fused-ring (bicyclic) bond motifs is 3. The van der Waals surface area contributed by atoms with Crippen molar-refractivity contribution in [1.29, 1.82) is 0 Å². The second-order valence-electron chi connectivity index (χ2n) is 8.25. The summed E-state index contributed by atoms with van der Waals surface area (Å²) in [5.74, 6) is 0.676. The fraction of sp³-hybridized carbons (Fsp3) is 0. The summed E-state index contributed by atoms with van der Waals surface area (Å²) in [6.45, 7) is 0. The van der Waals surface area contributed by atoms with Gasteiger partial charge in [0.05, 0.1) is 0 Å². The number of hydrogen-bond acceptors (Lipinski definition) is 3. The van der Waals surface area contributed by atoms with E-state index in [0.717, 1.165) is 54.6 Å². The minimum absolute atomic E-state index is 0.208. The van der Waals surface area contributed by atoms with Gasteiger partial charge in [0.25, 0.3) is 0 Å². The van der Waals surface area contributed by atoms with Crippen LogP contribution in [0.2, 0.25) is 0 Å². The molecule has 158 valence electrons. The van der Waals surface area contributed by atoms with Crippen LogP contribution in [0.4, 0.5) is 0 Å². The Kier molecular flexibility index (Phi) is 4.24.